The maximum Gasteiger partial charge on any atom is 0.573 e. The summed E-state index contributed by atoms with van der Waals surface area (Å²) in [4.78, 5) is 19.7. The van der Waals surface area contributed by atoms with Crippen molar-refractivity contribution >= 4 is 23.5 Å². The molecule has 1 aliphatic rings. The fraction of sp³-hybridized carbons (Fsp3) is 0.214. The zero-order valence-electron chi connectivity index (χ0n) is 12.1. The van der Waals surface area contributed by atoms with E-state index < -0.39 is 12.3 Å². The molecule has 24 heavy (non-hydrogen) atoms. The molecule has 0 bridgehead atoms. The first-order valence-corrected chi connectivity index (χ1v) is 6.81. The van der Waals surface area contributed by atoms with Gasteiger partial charge in [-0.05, 0) is 17.7 Å². The molecular weight excluding hydrogens is 327 g/mol. The molecular formula is C14H12F3N5O2. The Morgan fingerprint density at radius 1 is 1.17 bits per heavy atom. The molecule has 0 radical (unpaired) electrons. The fourth-order valence-electron chi connectivity index (χ4n) is 2.60. The number of nitrogen functional groups attached to an aromatic ring is 2. The van der Waals surface area contributed by atoms with Gasteiger partial charge in [0.05, 0.1) is 0 Å². The zero-order valence-corrected chi connectivity index (χ0v) is 12.1. The standard InChI is InChI=1S/C14H12F3N5O2/c15-14(16,17)24-7-3-1-6(2-4-7)8-5-9(23)20-12-10(8)11(18)21-13(19)22-12/h1-4,8H,5H2,(H5,18,19,20,21,22,23). The second-order valence-electron chi connectivity index (χ2n) is 5.15. The zero-order chi connectivity index (χ0) is 17.5. The summed E-state index contributed by atoms with van der Waals surface area (Å²) in [5.41, 5.74) is 12.5. The Hall–Kier alpha value is -3.04. The summed E-state index contributed by atoms with van der Waals surface area (Å²) >= 11 is 0. The molecule has 2 heterocycles. The molecule has 1 aliphatic heterocycles. The highest BCUT2D eigenvalue weighted by molar-refractivity contribution is 5.95. The van der Waals surface area contributed by atoms with Gasteiger partial charge < -0.3 is 21.5 Å². The van der Waals surface area contributed by atoms with Crippen LogP contribution in [0.5, 0.6) is 5.75 Å². The maximum absolute atomic E-state index is 12.2. The minimum absolute atomic E-state index is 0.0595. The van der Waals surface area contributed by atoms with Crippen LogP contribution >= 0.6 is 0 Å². The van der Waals surface area contributed by atoms with Crippen LogP contribution in [0.1, 0.15) is 23.5 Å². The Morgan fingerprint density at radius 3 is 2.46 bits per heavy atom. The maximum atomic E-state index is 12.2. The van der Waals surface area contributed by atoms with Crippen molar-refractivity contribution in [2.75, 3.05) is 16.8 Å². The van der Waals surface area contributed by atoms with E-state index in [1.54, 1.807) is 0 Å². The molecule has 1 atom stereocenters. The summed E-state index contributed by atoms with van der Waals surface area (Å²) < 4.78 is 40.5. The van der Waals surface area contributed by atoms with E-state index in [1.165, 1.54) is 24.3 Å². The number of aromatic nitrogens is 2. The lowest BCUT2D eigenvalue weighted by molar-refractivity contribution is -0.274. The van der Waals surface area contributed by atoms with Crippen LogP contribution in [0.3, 0.4) is 0 Å². The average Bonchev–Trinajstić information content (AvgIpc) is 2.44. The number of amides is 1. The first kappa shape index (κ1) is 15.8. The Balaban J connectivity index is 1.97. The summed E-state index contributed by atoms with van der Waals surface area (Å²) in [6.07, 6.45) is -4.71. The summed E-state index contributed by atoms with van der Waals surface area (Å²) in [5.74, 6) is -0.917. The van der Waals surface area contributed by atoms with E-state index in [-0.39, 0.29) is 35.7 Å². The molecule has 1 unspecified atom stereocenters. The lowest BCUT2D eigenvalue weighted by atomic mass is 9.86. The number of rotatable bonds is 2. The SMILES string of the molecule is Nc1nc(N)c2c(n1)NC(=O)CC2c1ccc(OC(F)(F)F)cc1. The molecule has 5 N–H and O–H groups in total. The second kappa shape index (κ2) is 5.55. The molecule has 1 aromatic heterocycles. The van der Waals surface area contributed by atoms with Crippen molar-refractivity contribution in [3.63, 3.8) is 0 Å². The number of nitrogens with one attached hydrogen (secondary N) is 1. The van der Waals surface area contributed by atoms with E-state index in [0.717, 1.165) is 0 Å². The normalized spacial score (nSPS) is 17.1. The number of nitrogens with zero attached hydrogens (tertiary/aromatic N) is 2. The molecule has 126 valence electrons. The molecule has 0 saturated carbocycles. The Labute approximate surface area is 133 Å². The number of hydrogen-bond acceptors (Lipinski definition) is 6. The Morgan fingerprint density at radius 2 is 1.83 bits per heavy atom. The van der Waals surface area contributed by atoms with Crippen molar-refractivity contribution in [3.05, 3.63) is 35.4 Å². The molecule has 10 heteroatoms. The lowest BCUT2D eigenvalue weighted by Gasteiger charge is -2.26. The van der Waals surface area contributed by atoms with Crippen LogP contribution in [0.25, 0.3) is 0 Å². The quantitative estimate of drug-likeness (QED) is 0.771. The highest BCUT2D eigenvalue weighted by Crippen LogP contribution is 2.39. The molecule has 1 amide bonds. The van der Waals surface area contributed by atoms with Crippen molar-refractivity contribution in [1.82, 2.24) is 9.97 Å². The fourth-order valence-corrected chi connectivity index (χ4v) is 2.60. The van der Waals surface area contributed by atoms with Gasteiger partial charge in [-0.2, -0.15) is 9.97 Å². The second-order valence-corrected chi connectivity index (χ2v) is 5.15. The van der Waals surface area contributed by atoms with Gasteiger partial charge in [0.15, 0.2) is 0 Å². The predicted octanol–water partition coefficient (Wildman–Crippen LogP) is 2.01. The van der Waals surface area contributed by atoms with Crippen LogP contribution in [0, 0.1) is 0 Å². The number of anilines is 3. The van der Waals surface area contributed by atoms with Gasteiger partial charge in [-0.1, -0.05) is 12.1 Å². The average molecular weight is 339 g/mol. The van der Waals surface area contributed by atoms with Gasteiger partial charge in [-0.25, -0.2) is 0 Å². The number of alkyl halides is 3. The minimum atomic E-state index is -4.77. The van der Waals surface area contributed by atoms with Gasteiger partial charge in [0, 0.05) is 17.9 Å². The van der Waals surface area contributed by atoms with E-state index in [4.69, 9.17) is 11.5 Å². The molecule has 1 aromatic carbocycles. The summed E-state index contributed by atoms with van der Waals surface area (Å²) in [6, 6.07) is 5.21. The van der Waals surface area contributed by atoms with Gasteiger partial charge in [0.2, 0.25) is 11.9 Å². The van der Waals surface area contributed by atoms with Crippen molar-refractivity contribution in [2.24, 2.45) is 0 Å². The number of fused-ring (bicyclic) bond motifs is 1. The van der Waals surface area contributed by atoms with Crippen LogP contribution in [0.15, 0.2) is 24.3 Å². The van der Waals surface area contributed by atoms with E-state index in [2.05, 4.69) is 20.0 Å². The van der Waals surface area contributed by atoms with E-state index in [9.17, 15) is 18.0 Å². The van der Waals surface area contributed by atoms with E-state index in [0.29, 0.717) is 11.1 Å². The Kier molecular flexibility index (Phi) is 3.66. The number of halogens is 3. The van der Waals surface area contributed by atoms with E-state index in [1.807, 2.05) is 0 Å². The Bertz CT molecular complexity index is 792. The van der Waals surface area contributed by atoms with Crippen LogP contribution < -0.4 is 21.5 Å². The molecule has 0 fully saturated rings. The van der Waals surface area contributed by atoms with Crippen LogP contribution in [-0.2, 0) is 4.79 Å². The highest BCUT2D eigenvalue weighted by atomic mass is 19.4. The molecule has 7 nitrogen and oxygen atoms in total. The largest absolute Gasteiger partial charge is 0.573 e. The highest BCUT2D eigenvalue weighted by Gasteiger charge is 2.32. The van der Waals surface area contributed by atoms with Crippen molar-refractivity contribution in [3.8, 4) is 5.75 Å². The number of ether oxygens (including phenoxy) is 1. The van der Waals surface area contributed by atoms with E-state index >= 15 is 0 Å². The number of carbonyl (C=O) groups excluding carboxylic acids is 1. The van der Waals surface area contributed by atoms with Gasteiger partial charge in [0.25, 0.3) is 0 Å². The monoisotopic (exact) mass is 339 g/mol. The predicted molar refractivity (Wildman–Crippen MR) is 79.1 cm³/mol. The van der Waals surface area contributed by atoms with Crippen molar-refractivity contribution in [2.45, 2.75) is 18.7 Å². The van der Waals surface area contributed by atoms with Gasteiger partial charge in [-0.3, -0.25) is 4.79 Å². The molecule has 3 rings (SSSR count). The summed E-state index contributed by atoms with van der Waals surface area (Å²) in [7, 11) is 0. The first-order chi connectivity index (χ1) is 11.2. The molecule has 2 aromatic rings. The number of benzene rings is 1. The topological polar surface area (TPSA) is 116 Å². The smallest absolute Gasteiger partial charge is 0.406 e. The third kappa shape index (κ3) is 3.16. The number of carbonyl (C=O) groups is 1. The molecule has 0 aliphatic carbocycles. The lowest BCUT2D eigenvalue weighted by Crippen LogP contribution is -2.26. The number of hydrogen-bond donors (Lipinski definition) is 3. The van der Waals surface area contributed by atoms with Crippen molar-refractivity contribution in [1.29, 1.82) is 0 Å². The van der Waals surface area contributed by atoms with Crippen LogP contribution in [-0.4, -0.2) is 22.2 Å². The van der Waals surface area contributed by atoms with Gasteiger partial charge in [-0.15, -0.1) is 13.2 Å². The van der Waals surface area contributed by atoms with Gasteiger partial charge in [0.1, 0.15) is 17.4 Å². The van der Waals surface area contributed by atoms with Crippen LogP contribution in [0.4, 0.5) is 30.8 Å². The molecule has 0 saturated heterocycles. The van der Waals surface area contributed by atoms with Gasteiger partial charge >= 0.3 is 6.36 Å². The summed E-state index contributed by atoms with van der Waals surface area (Å²) in [5, 5.41) is 2.56. The third-order valence-electron chi connectivity index (χ3n) is 3.50. The number of nitrogens with two attached hydrogens (primary N) is 2. The van der Waals surface area contributed by atoms with Crippen LogP contribution in [0.2, 0.25) is 0 Å². The third-order valence-corrected chi connectivity index (χ3v) is 3.50. The summed E-state index contributed by atoms with van der Waals surface area (Å²) in [6.45, 7) is 0. The minimum Gasteiger partial charge on any atom is -0.406 e. The first-order valence-electron chi connectivity index (χ1n) is 6.81. The molecule has 0 spiro atoms. The van der Waals surface area contributed by atoms with Crippen molar-refractivity contribution < 1.29 is 22.7 Å².